The van der Waals surface area contributed by atoms with Crippen LogP contribution in [0.5, 0.6) is 0 Å². The molecule has 0 unspecified atom stereocenters. The monoisotopic (exact) mass is 229 g/mol. The van der Waals surface area contributed by atoms with Gasteiger partial charge in [0, 0.05) is 11.3 Å². The van der Waals surface area contributed by atoms with Gasteiger partial charge in [0.25, 0.3) is 0 Å². The Kier molecular flexibility index (Phi) is 2.91. The second kappa shape index (κ2) is 4.07. The zero-order chi connectivity index (χ0) is 11.8. The molecule has 0 amide bonds. The Balaban J connectivity index is 2.16. The van der Waals surface area contributed by atoms with Gasteiger partial charge in [0.1, 0.15) is 0 Å². The summed E-state index contributed by atoms with van der Waals surface area (Å²) < 4.78 is 37.6. The summed E-state index contributed by atoms with van der Waals surface area (Å²) in [6, 6.07) is 0.352. The zero-order valence-electron chi connectivity index (χ0n) is 9.14. The van der Waals surface area contributed by atoms with E-state index in [1.807, 2.05) is 6.08 Å². The molecule has 0 N–H and O–H groups in total. The van der Waals surface area contributed by atoms with Crippen LogP contribution in [-0.4, -0.2) is 17.9 Å². The second-order valence-electron chi connectivity index (χ2n) is 4.31. The molecule has 0 aromatic carbocycles. The molecule has 0 bridgehead atoms. The Hall–Kier alpha value is -1.06. The summed E-state index contributed by atoms with van der Waals surface area (Å²) in [6.07, 6.45) is 1.57. The van der Waals surface area contributed by atoms with Crippen LogP contribution in [0, 0.1) is 0 Å². The number of nitrogens with zero attached hydrogens (tertiary/aromatic N) is 1. The normalized spacial score (nSPS) is 22.9. The predicted molar refractivity (Wildman–Crippen MR) is 57.6 cm³/mol. The highest BCUT2D eigenvalue weighted by atomic mass is 19.4. The number of allylic oxidation sites excluding steroid dienone is 4. The van der Waals surface area contributed by atoms with Crippen molar-refractivity contribution < 1.29 is 13.2 Å². The van der Waals surface area contributed by atoms with E-state index in [2.05, 4.69) is 4.99 Å². The van der Waals surface area contributed by atoms with E-state index in [1.165, 1.54) is 6.08 Å². The van der Waals surface area contributed by atoms with Crippen molar-refractivity contribution in [2.24, 2.45) is 4.99 Å². The van der Waals surface area contributed by atoms with Crippen LogP contribution in [0.15, 0.2) is 28.3 Å². The number of hydrogen-bond acceptors (Lipinski definition) is 1. The van der Waals surface area contributed by atoms with E-state index in [4.69, 9.17) is 0 Å². The Morgan fingerprint density at radius 1 is 1.38 bits per heavy atom. The molecule has 1 fully saturated rings. The topological polar surface area (TPSA) is 12.4 Å². The molecular weight excluding hydrogens is 215 g/mol. The van der Waals surface area contributed by atoms with Crippen molar-refractivity contribution in [2.45, 2.75) is 44.8 Å². The van der Waals surface area contributed by atoms with E-state index in [9.17, 15) is 13.2 Å². The van der Waals surface area contributed by atoms with Gasteiger partial charge in [0.05, 0.1) is 6.04 Å². The van der Waals surface area contributed by atoms with E-state index < -0.39 is 11.7 Å². The lowest BCUT2D eigenvalue weighted by Crippen LogP contribution is -2.15. The number of halogens is 3. The van der Waals surface area contributed by atoms with Crippen LogP contribution < -0.4 is 0 Å². The molecular formula is C12H14F3N. The lowest BCUT2D eigenvalue weighted by Gasteiger charge is -2.16. The Bertz CT molecular complexity index is 370. The van der Waals surface area contributed by atoms with Crippen molar-refractivity contribution in [3.05, 3.63) is 23.3 Å². The number of alkyl halides is 3. The first-order chi connectivity index (χ1) is 7.47. The van der Waals surface area contributed by atoms with Crippen LogP contribution >= 0.6 is 0 Å². The van der Waals surface area contributed by atoms with Gasteiger partial charge < -0.3 is 0 Å². The minimum absolute atomic E-state index is 0.0870. The molecule has 0 heterocycles. The van der Waals surface area contributed by atoms with E-state index in [1.54, 1.807) is 6.92 Å². The summed E-state index contributed by atoms with van der Waals surface area (Å²) in [5, 5.41) is 0. The van der Waals surface area contributed by atoms with Gasteiger partial charge >= 0.3 is 6.18 Å². The average molecular weight is 229 g/mol. The number of aliphatic imine (C=N–C) groups is 1. The molecule has 2 rings (SSSR count). The quantitative estimate of drug-likeness (QED) is 0.638. The molecule has 0 aliphatic heterocycles. The first-order valence-electron chi connectivity index (χ1n) is 5.49. The molecule has 0 radical (unpaired) electrons. The van der Waals surface area contributed by atoms with Crippen molar-refractivity contribution >= 4 is 5.71 Å². The fourth-order valence-corrected chi connectivity index (χ4v) is 1.73. The van der Waals surface area contributed by atoms with Gasteiger partial charge in [0.15, 0.2) is 0 Å². The molecule has 0 saturated heterocycles. The van der Waals surface area contributed by atoms with Crippen LogP contribution in [-0.2, 0) is 0 Å². The van der Waals surface area contributed by atoms with Gasteiger partial charge in [-0.25, -0.2) is 0 Å². The summed E-state index contributed by atoms with van der Waals surface area (Å²) in [6.45, 7) is 1.79. The largest absolute Gasteiger partial charge is 0.412 e. The van der Waals surface area contributed by atoms with Gasteiger partial charge in [-0.1, -0.05) is 6.08 Å². The Morgan fingerprint density at radius 2 is 2.06 bits per heavy atom. The van der Waals surface area contributed by atoms with Crippen molar-refractivity contribution in [3.63, 3.8) is 0 Å². The maximum Gasteiger partial charge on any atom is 0.412 e. The molecule has 0 aromatic heterocycles. The minimum Gasteiger partial charge on any atom is -0.286 e. The van der Waals surface area contributed by atoms with Gasteiger partial charge in [-0.3, -0.25) is 4.99 Å². The van der Waals surface area contributed by atoms with E-state index in [0.717, 1.165) is 18.6 Å². The van der Waals surface area contributed by atoms with E-state index in [0.29, 0.717) is 18.0 Å². The third kappa shape index (κ3) is 2.74. The summed E-state index contributed by atoms with van der Waals surface area (Å²) >= 11 is 0. The molecule has 1 saturated carbocycles. The average Bonchev–Trinajstić information content (AvgIpc) is 3.00. The van der Waals surface area contributed by atoms with Crippen LogP contribution in [0.25, 0.3) is 0 Å². The molecule has 88 valence electrons. The number of hydrogen-bond donors (Lipinski definition) is 0. The number of rotatable bonds is 2. The van der Waals surface area contributed by atoms with Crippen LogP contribution in [0.3, 0.4) is 0 Å². The van der Waals surface area contributed by atoms with Crippen molar-refractivity contribution in [2.75, 3.05) is 0 Å². The SMILES string of the molecule is CC(=NC1CC1)C1=CCCC(C(F)(F)F)=C1. The standard InChI is InChI=1S/C12H14F3N/c1-8(16-11-5-6-11)9-3-2-4-10(7-9)12(13,14)15/h3,7,11H,2,4-6H2,1H3. The van der Waals surface area contributed by atoms with E-state index in [-0.39, 0.29) is 6.42 Å². The first-order valence-corrected chi connectivity index (χ1v) is 5.49. The fraction of sp³-hybridized carbons (Fsp3) is 0.583. The van der Waals surface area contributed by atoms with Crippen molar-refractivity contribution in [1.82, 2.24) is 0 Å². The van der Waals surface area contributed by atoms with Gasteiger partial charge in [-0.2, -0.15) is 13.2 Å². The Labute approximate surface area is 92.8 Å². The molecule has 0 atom stereocenters. The van der Waals surface area contributed by atoms with Crippen LogP contribution in [0.1, 0.15) is 32.6 Å². The third-order valence-electron chi connectivity index (χ3n) is 2.81. The molecule has 4 heteroatoms. The van der Waals surface area contributed by atoms with Gasteiger partial charge in [-0.05, 0) is 44.3 Å². The maximum absolute atomic E-state index is 12.5. The molecule has 0 spiro atoms. The summed E-state index contributed by atoms with van der Waals surface area (Å²) in [5.74, 6) is 0. The maximum atomic E-state index is 12.5. The predicted octanol–water partition coefficient (Wildman–Crippen LogP) is 3.82. The highest BCUT2D eigenvalue weighted by Gasteiger charge is 2.34. The van der Waals surface area contributed by atoms with Crippen LogP contribution in [0.4, 0.5) is 13.2 Å². The highest BCUT2D eigenvalue weighted by molar-refractivity contribution is 6.01. The second-order valence-corrected chi connectivity index (χ2v) is 4.31. The Morgan fingerprint density at radius 3 is 2.62 bits per heavy atom. The molecule has 2 aliphatic carbocycles. The van der Waals surface area contributed by atoms with Crippen molar-refractivity contribution in [1.29, 1.82) is 0 Å². The summed E-state index contributed by atoms with van der Waals surface area (Å²) in [7, 11) is 0. The van der Waals surface area contributed by atoms with Crippen molar-refractivity contribution in [3.8, 4) is 0 Å². The van der Waals surface area contributed by atoms with Crippen LogP contribution in [0.2, 0.25) is 0 Å². The molecule has 1 nitrogen and oxygen atoms in total. The molecule has 0 aromatic rings. The highest BCUT2D eigenvalue weighted by Crippen LogP contribution is 2.33. The zero-order valence-corrected chi connectivity index (χ0v) is 9.14. The smallest absolute Gasteiger partial charge is 0.286 e. The lowest BCUT2D eigenvalue weighted by atomic mass is 9.96. The fourth-order valence-electron chi connectivity index (χ4n) is 1.73. The summed E-state index contributed by atoms with van der Waals surface area (Å²) in [5.41, 5.74) is 0.949. The molecule has 2 aliphatic rings. The first kappa shape index (κ1) is 11.4. The lowest BCUT2D eigenvalue weighted by molar-refractivity contribution is -0.0940. The van der Waals surface area contributed by atoms with E-state index >= 15 is 0 Å². The summed E-state index contributed by atoms with van der Waals surface area (Å²) in [4.78, 5) is 4.37. The minimum atomic E-state index is -4.20. The van der Waals surface area contributed by atoms with Gasteiger partial charge in [0.2, 0.25) is 0 Å². The molecule has 16 heavy (non-hydrogen) atoms. The third-order valence-corrected chi connectivity index (χ3v) is 2.81. The van der Waals surface area contributed by atoms with Gasteiger partial charge in [-0.15, -0.1) is 0 Å².